The summed E-state index contributed by atoms with van der Waals surface area (Å²) in [6.07, 6.45) is 1.95. The second-order valence-electron chi connectivity index (χ2n) is 9.11. The lowest BCUT2D eigenvalue weighted by Gasteiger charge is -2.43. The van der Waals surface area contributed by atoms with Crippen LogP contribution in [0.15, 0.2) is 18.2 Å². The van der Waals surface area contributed by atoms with E-state index in [-0.39, 0.29) is 33.4 Å². The lowest BCUT2D eigenvalue weighted by atomic mass is 9.61. The number of phenols is 1. The maximum atomic E-state index is 13.8. The summed E-state index contributed by atoms with van der Waals surface area (Å²) in [5.41, 5.74) is 2.57. The zero-order valence-electron chi connectivity index (χ0n) is 17.3. The van der Waals surface area contributed by atoms with Crippen LogP contribution < -0.4 is 5.32 Å². The zero-order chi connectivity index (χ0) is 21.0. The van der Waals surface area contributed by atoms with E-state index in [0.717, 1.165) is 36.1 Å². The van der Waals surface area contributed by atoms with E-state index in [1.807, 2.05) is 6.92 Å². The van der Waals surface area contributed by atoms with Crippen LogP contribution in [-0.4, -0.2) is 11.0 Å². The van der Waals surface area contributed by atoms with Gasteiger partial charge in [-0.15, -0.1) is 0 Å². The number of benzene rings is 2. The fourth-order valence-corrected chi connectivity index (χ4v) is 4.19. The third-order valence-corrected chi connectivity index (χ3v) is 6.11. The van der Waals surface area contributed by atoms with Gasteiger partial charge in [-0.1, -0.05) is 27.7 Å². The molecule has 0 saturated carbocycles. The Balaban J connectivity index is 2.08. The number of rotatable bonds is 2. The van der Waals surface area contributed by atoms with E-state index in [1.54, 1.807) is 6.07 Å². The lowest BCUT2D eigenvalue weighted by molar-refractivity contribution is 0.102. The van der Waals surface area contributed by atoms with Gasteiger partial charge in [-0.25, -0.2) is 8.78 Å². The van der Waals surface area contributed by atoms with Gasteiger partial charge in [0.25, 0.3) is 5.91 Å². The van der Waals surface area contributed by atoms with Crippen molar-refractivity contribution in [1.82, 2.24) is 0 Å². The van der Waals surface area contributed by atoms with E-state index in [0.29, 0.717) is 5.56 Å². The molecule has 150 valence electrons. The van der Waals surface area contributed by atoms with Gasteiger partial charge < -0.3 is 10.4 Å². The number of hydrogen-bond acceptors (Lipinski definition) is 2. The molecule has 0 bridgehead atoms. The molecular formula is C23H27F2NO2. The Labute approximate surface area is 164 Å². The Hall–Kier alpha value is -2.43. The minimum Gasteiger partial charge on any atom is -0.507 e. The first kappa shape index (κ1) is 20.3. The quantitative estimate of drug-likeness (QED) is 0.675. The largest absolute Gasteiger partial charge is 0.507 e. The molecule has 2 aromatic rings. The molecule has 3 rings (SSSR count). The summed E-state index contributed by atoms with van der Waals surface area (Å²) in [5.74, 6) is -2.15. The number of carbonyl (C=O) groups excluding carboxylic acids is 1. The van der Waals surface area contributed by atoms with Gasteiger partial charge in [0.1, 0.15) is 17.4 Å². The Morgan fingerprint density at radius 2 is 1.50 bits per heavy atom. The maximum absolute atomic E-state index is 13.8. The van der Waals surface area contributed by atoms with Gasteiger partial charge >= 0.3 is 0 Å². The fraction of sp³-hybridized carbons (Fsp3) is 0.435. The van der Waals surface area contributed by atoms with Gasteiger partial charge in [-0.2, -0.15) is 0 Å². The number of aromatic hydroxyl groups is 1. The molecule has 2 N–H and O–H groups in total. The maximum Gasteiger partial charge on any atom is 0.259 e. The molecule has 1 amide bonds. The van der Waals surface area contributed by atoms with Crippen LogP contribution in [0.25, 0.3) is 0 Å². The summed E-state index contributed by atoms with van der Waals surface area (Å²) in [6.45, 7) is 11.7. The van der Waals surface area contributed by atoms with Crippen LogP contribution in [0.4, 0.5) is 14.5 Å². The second kappa shape index (κ2) is 6.57. The van der Waals surface area contributed by atoms with Crippen LogP contribution in [-0.2, 0) is 10.8 Å². The van der Waals surface area contributed by atoms with Crippen molar-refractivity contribution >= 4 is 11.6 Å². The fourth-order valence-electron chi connectivity index (χ4n) is 4.19. The van der Waals surface area contributed by atoms with E-state index in [9.17, 15) is 18.7 Å². The van der Waals surface area contributed by atoms with E-state index >= 15 is 0 Å². The summed E-state index contributed by atoms with van der Waals surface area (Å²) in [7, 11) is 0. The van der Waals surface area contributed by atoms with Crippen LogP contribution in [0.3, 0.4) is 0 Å². The minimum atomic E-state index is -0.732. The molecule has 0 aromatic heterocycles. The smallest absolute Gasteiger partial charge is 0.259 e. The Morgan fingerprint density at radius 1 is 0.964 bits per heavy atom. The summed E-state index contributed by atoms with van der Waals surface area (Å²) >= 11 is 0. The molecule has 1 aliphatic carbocycles. The highest BCUT2D eigenvalue weighted by Crippen LogP contribution is 2.49. The van der Waals surface area contributed by atoms with Gasteiger partial charge in [0.15, 0.2) is 0 Å². The summed E-state index contributed by atoms with van der Waals surface area (Å²) in [5, 5.41) is 13.3. The van der Waals surface area contributed by atoms with Crippen molar-refractivity contribution in [2.75, 3.05) is 5.32 Å². The second-order valence-corrected chi connectivity index (χ2v) is 9.11. The number of halogens is 2. The number of carbonyl (C=O) groups is 1. The third kappa shape index (κ3) is 3.27. The summed E-state index contributed by atoms with van der Waals surface area (Å²) in [6, 6.07) is 3.88. The standard InChI is InChI=1S/C23H27F2NO2/c1-12-17(24)9-14(10-18(12)25)26-21(28)15-11-16-19(13(2)20(15)27)23(5,6)8-7-22(16,3)4/h9-11,27H,7-8H2,1-6H3,(H,26,28). The van der Waals surface area contributed by atoms with Crippen LogP contribution in [0, 0.1) is 25.5 Å². The molecule has 0 fully saturated rings. The molecule has 2 aromatic carbocycles. The van der Waals surface area contributed by atoms with Crippen molar-refractivity contribution in [1.29, 1.82) is 0 Å². The molecule has 1 aliphatic rings. The first-order valence-electron chi connectivity index (χ1n) is 9.49. The van der Waals surface area contributed by atoms with E-state index in [2.05, 4.69) is 33.0 Å². The van der Waals surface area contributed by atoms with Crippen molar-refractivity contribution < 1.29 is 18.7 Å². The summed E-state index contributed by atoms with van der Waals surface area (Å²) in [4.78, 5) is 12.8. The van der Waals surface area contributed by atoms with Gasteiger partial charge in [0.2, 0.25) is 0 Å². The van der Waals surface area contributed by atoms with Crippen LogP contribution in [0.2, 0.25) is 0 Å². The highest BCUT2D eigenvalue weighted by Gasteiger charge is 2.40. The zero-order valence-corrected chi connectivity index (χ0v) is 17.3. The number of fused-ring (bicyclic) bond motifs is 1. The highest BCUT2D eigenvalue weighted by atomic mass is 19.1. The van der Waals surface area contributed by atoms with E-state index < -0.39 is 17.5 Å². The average molecular weight is 387 g/mol. The van der Waals surface area contributed by atoms with Crippen LogP contribution in [0.1, 0.15) is 73.1 Å². The molecule has 0 heterocycles. The molecule has 0 spiro atoms. The van der Waals surface area contributed by atoms with Crippen LogP contribution in [0.5, 0.6) is 5.75 Å². The number of hydrogen-bond donors (Lipinski definition) is 2. The Morgan fingerprint density at radius 3 is 2.07 bits per heavy atom. The molecule has 3 nitrogen and oxygen atoms in total. The number of amides is 1. The first-order valence-corrected chi connectivity index (χ1v) is 9.49. The minimum absolute atomic E-state index is 0.0139. The molecule has 0 aliphatic heterocycles. The predicted octanol–water partition coefficient (Wildman–Crippen LogP) is 5.89. The number of phenolic OH excluding ortho intramolecular Hbond substituents is 1. The molecule has 28 heavy (non-hydrogen) atoms. The normalized spacial score (nSPS) is 17.1. The predicted molar refractivity (Wildman–Crippen MR) is 107 cm³/mol. The van der Waals surface area contributed by atoms with Gasteiger partial charge in [0, 0.05) is 11.3 Å². The molecule has 0 saturated heterocycles. The van der Waals surface area contributed by atoms with Gasteiger partial charge in [-0.05, 0) is 72.4 Å². The van der Waals surface area contributed by atoms with E-state index in [1.165, 1.54) is 6.92 Å². The number of anilines is 1. The number of nitrogens with one attached hydrogen (secondary N) is 1. The van der Waals surface area contributed by atoms with Crippen molar-refractivity contribution in [3.63, 3.8) is 0 Å². The Bertz CT molecular complexity index is 954. The first-order chi connectivity index (χ1) is 12.8. The molecule has 0 atom stereocenters. The molecular weight excluding hydrogens is 360 g/mol. The van der Waals surface area contributed by atoms with Crippen LogP contribution >= 0.6 is 0 Å². The van der Waals surface area contributed by atoms with Gasteiger partial charge in [-0.3, -0.25) is 4.79 Å². The topological polar surface area (TPSA) is 49.3 Å². The van der Waals surface area contributed by atoms with Crippen molar-refractivity contribution in [2.24, 2.45) is 0 Å². The highest BCUT2D eigenvalue weighted by molar-refractivity contribution is 6.06. The summed E-state index contributed by atoms with van der Waals surface area (Å²) < 4.78 is 27.6. The van der Waals surface area contributed by atoms with Crippen molar-refractivity contribution in [3.05, 3.63) is 57.7 Å². The van der Waals surface area contributed by atoms with Gasteiger partial charge in [0.05, 0.1) is 5.56 Å². The monoisotopic (exact) mass is 387 g/mol. The third-order valence-electron chi connectivity index (χ3n) is 6.11. The Kier molecular flexibility index (Phi) is 4.77. The molecule has 5 heteroatoms. The molecule has 0 unspecified atom stereocenters. The SMILES string of the molecule is Cc1c(F)cc(NC(=O)c2cc3c(c(C)c2O)C(C)(C)CCC3(C)C)cc1F. The lowest BCUT2D eigenvalue weighted by Crippen LogP contribution is -2.35. The van der Waals surface area contributed by atoms with E-state index in [4.69, 9.17) is 0 Å². The average Bonchev–Trinajstić information content (AvgIpc) is 2.58. The molecule has 0 radical (unpaired) electrons. The van der Waals surface area contributed by atoms with Crippen molar-refractivity contribution in [2.45, 2.75) is 65.2 Å². The van der Waals surface area contributed by atoms with Crippen molar-refractivity contribution in [3.8, 4) is 5.75 Å².